The summed E-state index contributed by atoms with van der Waals surface area (Å²) in [6.45, 7) is 6.76. The maximum atomic E-state index is 11.9. The number of aromatic hydroxyl groups is 1. The molecule has 2 heterocycles. The third-order valence-corrected chi connectivity index (χ3v) is 6.30. The molecule has 0 unspecified atom stereocenters. The number of halogens is 2. The molecule has 2 aliphatic heterocycles. The van der Waals surface area contributed by atoms with Gasteiger partial charge in [-0.2, -0.15) is 0 Å². The van der Waals surface area contributed by atoms with Crippen LogP contribution in [0.15, 0.2) is 23.8 Å². The minimum absolute atomic E-state index is 0.0597. The number of phenolic OH excluding ortho intramolecular Hbond substituents is 1. The Morgan fingerprint density at radius 2 is 2.04 bits per heavy atom. The summed E-state index contributed by atoms with van der Waals surface area (Å²) in [6, 6.07) is 2.83. The van der Waals surface area contributed by atoms with Gasteiger partial charge in [-0.25, -0.2) is 4.79 Å². The second kappa shape index (κ2) is 8.69. The van der Waals surface area contributed by atoms with Gasteiger partial charge in [-0.15, -0.1) is 0 Å². The van der Waals surface area contributed by atoms with Crippen LogP contribution in [-0.2, 0) is 0 Å². The molecule has 0 saturated carbocycles. The molecule has 6 nitrogen and oxygen atoms in total. The van der Waals surface area contributed by atoms with Crippen molar-refractivity contribution in [1.29, 1.82) is 0 Å². The first kappa shape index (κ1) is 20.3. The Kier molecular flexibility index (Phi) is 6.52. The molecule has 1 aromatic carbocycles. The highest BCUT2D eigenvalue weighted by Gasteiger charge is 2.40. The molecule has 148 valence electrons. The lowest BCUT2D eigenvalue weighted by atomic mass is 9.92. The van der Waals surface area contributed by atoms with E-state index in [9.17, 15) is 15.0 Å². The minimum atomic E-state index is -0.959. The van der Waals surface area contributed by atoms with Crippen LogP contribution in [0, 0.1) is 0 Å². The van der Waals surface area contributed by atoms with Gasteiger partial charge in [0.1, 0.15) is 5.75 Å². The van der Waals surface area contributed by atoms with Gasteiger partial charge in [-0.05, 0) is 31.1 Å². The number of carbonyl (C=O) groups is 1. The van der Waals surface area contributed by atoms with Crippen LogP contribution in [0.3, 0.4) is 0 Å². The van der Waals surface area contributed by atoms with Crippen LogP contribution in [0.25, 0.3) is 0 Å². The average Bonchev–Trinajstić information content (AvgIpc) is 3.09. The van der Waals surface area contributed by atoms with Crippen molar-refractivity contribution in [3.63, 3.8) is 0 Å². The highest BCUT2D eigenvalue weighted by Crippen LogP contribution is 2.44. The van der Waals surface area contributed by atoms with Gasteiger partial charge in [0.05, 0.1) is 16.1 Å². The SMILES string of the molecule is C/C=C(\CN1CCNCC1)[C@@H]1C[C@H](c2c(O)ccc(Cl)c2Cl)CN1C(=O)O. The number of carboxylic acid groups (broad SMARTS) is 1. The molecule has 1 amide bonds. The highest BCUT2D eigenvalue weighted by molar-refractivity contribution is 6.42. The van der Waals surface area contributed by atoms with E-state index in [0.29, 0.717) is 22.0 Å². The summed E-state index contributed by atoms with van der Waals surface area (Å²) in [6.07, 6.45) is 1.63. The van der Waals surface area contributed by atoms with Crippen molar-refractivity contribution in [1.82, 2.24) is 15.1 Å². The predicted molar refractivity (Wildman–Crippen MR) is 107 cm³/mol. The quantitative estimate of drug-likeness (QED) is 0.659. The van der Waals surface area contributed by atoms with E-state index in [0.717, 1.165) is 38.3 Å². The van der Waals surface area contributed by atoms with Crippen molar-refractivity contribution in [3.05, 3.63) is 39.4 Å². The molecule has 0 aliphatic carbocycles. The van der Waals surface area contributed by atoms with Gasteiger partial charge in [0.15, 0.2) is 0 Å². The van der Waals surface area contributed by atoms with E-state index in [1.807, 2.05) is 13.0 Å². The van der Waals surface area contributed by atoms with Gasteiger partial charge in [-0.1, -0.05) is 29.3 Å². The standard InChI is InChI=1S/C19H25Cl2N3O3/c1-2-12(10-23-7-5-22-6-8-23)15-9-13(11-24(15)19(26)27)17-16(25)4-3-14(20)18(17)21/h2-4,13,15,22,25H,5-11H2,1H3,(H,26,27)/b12-2+/t13-,15-/m0/s1. The van der Waals surface area contributed by atoms with Crippen molar-refractivity contribution in [2.24, 2.45) is 0 Å². The first-order chi connectivity index (χ1) is 12.9. The third kappa shape index (κ3) is 4.35. The third-order valence-electron chi connectivity index (χ3n) is 5.48. The summed E-state index contributed by atoms with van der Waals surface area (Å²) in [5, 5.41) is 24.0. The molecule has 8 heteroatoms. The van der Waals surface area contributed by atoms with Crippen LogP contribution < -0.4 is 5.32 Å². The van der Waals surface area contributed by atoms with Crippen LogP contribution in [0.2, 0.25) is 10.0 Å². The maximum absolute atomic E-state index is 11.9. The maximum Gasteiger partial charge on any atom is 0.407 e. The fourth-order valence-corrected chi connectivity index (χ4v) is 4.55. The lowest BCUT2D eigenvalue weighted by Crippen LogP contribution is -2.46. The molecule has 2 atom stereocenters. The Morgan fingerprint density at radius 3 is 2.67 bits per heavy atom. The number of phenols is 1. The topological polar surface area (TPSA) is 76.0 Å². The monoisotopic (exact) mass is 413 g/mol. The number of amides is 1. The molecule has 3 rings (SSSR count). The molecule has 3 N–H and O–H groups in total. The van der Waals surface area contributed by atoms with E-state index in [-0.39, 0.29) is 24.3 Å². The Morgan fingerprint density at radius 1 is 1.33 bits per heavy atom. The number of benzene rings is 1. The molecular formula is C19H25Cl2N3O3. The number of rotatable bonds is 4. The molecule has 2 fully saturated rings. The fraction of sp³-hybridized carbons (Fsp3) is 0.526. The Labute approximate surface area is 169 Å². The zero-order chi connectivity index (χ0) is 19.6. The largest absolute Gasteiger partial charge is 0.508 e. The van der Waals surface area contributed by atoms with Crippen LogP contribution in [0.4, 0.5) is 4.79 Å². The summed E-state index contributed by atoms with van der Waals surface area (Å²) in [7, 11) is 0. The van der Waals surface area contributed by atoms with Crippen molar-refractivity contribution in [2.45, 2.75) is 25.3 Å². The van der Waals surface area contributed by atoms with E-state index in [1.54, 1.807) is 6.07 Å². The number of piperazine rings is 1. The number of likely N-dealkylation sites (tertiary alicyclic amines) is 1. The van der Waals surface area contributed by atoms with Gasteiger partial charge in [0, 0.05) is 50.7 Å². The van der Waals surface area contributed by atoms with Crippen LogP contribution in [0.5, 0.6) is 5.75 Å². The minimum Gasteiger partial charge on any atom is -0.508 e. The highest BCUT2D eigenvalue weighted by atomic mass is 35.5. The average molecular weight is 414 g/mol. The summed E-state index contributed by atoms with van der Waals surface area (Å²) in [5.74, 6) is -0.139. The fourth-order valence-electron chi connectivity index (χ4n) is 4.07. The zero-order valence-electron chi connectivity index (χ0n) is 15.3. The normalized spacial score (nSPS) is 24.4. The van der Waals surface area contributed by atoms with Gasteiger partial charge in [0.25, 0.3) is 0 Å². The summed E-state index contributed by atoms with van der Waals surface area (Å²) in [4.78, 5) is 15.7. The lowest BCUT2D eigenvalue weighted by molar-refractivity contribution is 0.142. The van der Waals surface area contributed by atoms with Gasteiger partial charge >= 0.3 is 6.09 Å². The van der Waals surface area contributed by atoms with Gasteiger partial charge in [-0.3, -0.25) is 4.90 Å². The smallest absolute Gasteiger partial charge is 0.407 e. The molecule has 1 aromatic rings. The first-order valence-electron chi connectivity index (χ1n) is 9.17. The van der Waals surface area contributed by atoms with Crippen molar-refractivity contribution in [3.8, 4) is 5.75 Å². The molecule has 0 bridgehead atoms. The van der Waals surface area contributed by atoms with Crippen LogP contribution >= 0.6 is 23.2 Å². The molecule has 0 spiro atoms. The molecule has 0 aromatic heterocycles. The van der Waals surface area contributed by atoms with Gasteiger partial charge in [0.2, 0.25) is 0 Å². The van der Waals surface area contributed by atoms with Crippen LogP contribution in [0.1, 0.15) is 24.8 Å². The number of hydrogen-bond acceptors (Lipinski definition) is 4. The Bertz CT molecular complexity index is 735. The van der Waals surface area contributed by atoms with E-state index in [2.05, 4.69) is 10.2 Å². The molecule has 2 aliphatic rings. The molecule has 0 radical (unpaired) electrons. The van der Waals surface area contributed by atoms with E-state index in [1.165, 1.54) is 11.0 Å². The number of hydrogen-bond donors (Lipinski definition) is 3. The second-order valence-corrected chi connectivity index (χ2v) is 7.85. The zero-order valence-corrected chi connectivity index (χ0v) is 16.8. The molecule has 27 heavy (non-hydrogen) atoms. The predicted octanol–water partition coefficient (Wildman–Crippen LogP) is 3.39. The molecule has 2 saturated heterocycles. The van der Waals surface area contributed by atoms with Crippen LogP contribution in [-0.4, -0.2) is 71.4 Å². The summed E-state index contributed by atoms with van der Waals surface area (Å²) < 4.78 is 0. The van der Waals surface area contributed by atoms with E-state index in [4.69, 9.17) is 23.2 Å². The Hall–Kier alpha value is -1.47. The number of nitrogens with one attached hydrogen (secondary N) is 1. The molecular weight excluding hydrogens is 389 g/mol. The number of allylic oxidation sites excluding steroid dienone is 1. The van der Waals surface area contributed by atoms with E-state index < -0.39 is 6.09 Å². The summed E-state index contributed by atoms with van der Waals surface area (Å²) in [5.41, 5.74) is 1.62. The van der Waals surface area contributed by atoms with E-state index >= 15 is 0 Å². The Balaban J connectivity index is 1.84. The van der Waals surface area contributed by atoms with Crippen molar-refractivity contribution < 1.29 is 15.0 Å². The second-order valence-electron chi connectivity index (χ2n) is 7.07. The lowest BCUT2D eigenvalue weighted by Gasteiger charge is -2.31. The van der Waals surface area contributed by atoms with Crippen molar-refractivity contribution in [2.75, 3.05) is 39.3 Å². The first-order valence-corrected chi connectivity index (χ1v) is 9.92. The summed E-state index contributed by atoms with van der Waals surface area (Å²) >= 11 is 12.5. The van der Waals surface area contributed by atoms with Crippen molar-refractivity contribution >= 4 is 29.3 Å². The number of nitrogens with zero attached hydrogens (tertiary/aromatic N) is 2. The van der Waals surface area contributed by atoms with Gasteiger partial charge < -0.3 is 20.4 Å².